The largest absolute Gasteiger partial charge is 0.207 e. The van der Waals surface area contributed by atoms with Crippen molar-refractivity contribution in [2.45, 2.75) is 19.3 Å². The van der Waals surface area contributed by atoms with Crippen molar-refractivity contribution in [1.29, 1.82) is 0 Å². The highest BCUT2D eigenvalue weighted by Crippen LogP contribution is 2.48. The summed E-state index contributed by atoms with van der Waals surface area (Å²) in [6, 6.07) is 11.4. The van der Waals surface area contributed by atoms with Gasteiger partial charge in [0.2, 0.25) is 0 Å². The van der Waals surface area contributed by atoms with Gasteiger partial charge in [0.25, 0.3) is 0 Å². The van der Waals surface area contributed by atoms with E-state index in [1.54, 1.807) is 12.1 Å². The van der Waals surface area contributed by atoms with Gasteiger partial charge in [-0.2, -0.15) is 0 Å². The molecule has 18 heavy (non-hydrogen) atoms. The lowest BCUT2D eigenvalue weighted by atomic mass is 9.91. The standard InChI is InChI=1S/C17H15F/c18-16-6-5-12-9-15(4-3-13(12)10-16)17-8-11-1-2-14(17)7-11/h3-6,8-11,14H,1-2,7H2. The van der Waals surface area contributed by atoms with E-state index in [-0.39, 0.29) is 5.82 Å². The molecule has 90 valence electrons. The predicted molar refractivity (Wildman–Crippen MR) is 72.7 cm³/mol. The normalized spacial score (nSPS) is 25.7. The zero-order chi connectivity index (χ0) is 12.1. The van der Waals surface area contributed by atoms with Crippen LogP contribution in [-0.4, -0.2) is 0 Å². The second kappa shape index (κ2) is 3.68. The smallest absolute Gasteiger partial charge is 0.123 e. The van der Waals surface area contributed by atoms with E-state index in [1.807, 2.05) is 12.1 Å². The second-order valence-electron chi connectivity index (χ2n) is 5.60. The van der Waals surface area contributed by atoms with Gasteiger partial charge in [0.05, 0.1) is 0 Å². The molecule has 0 N–H and O–H groups in total. The van der Waals surface area contributed by atoms with E-state index in [4.69, 9.17) is 0 Å². The third-order valence-corrected chi connectivity index (χ3v) is 4.46. The third-order valence-electron chi connectivity index (χ3n) is 4.46. The number of hydrogen-bond acceptors (Lipinski definition) is 0. The monoisotopic (exact) mass is 238 g/mol. The summed E-state index contributed by atoms with van der Waals surface area (Å²) >= 11 is 0. The molecule has 1 saturated carbocycles. The Morgan fingerprint density at radius 3 is 2.56 bits per heavy atom. The van der Waals surface area contributed by atoms with Gasteiger partial charge in [-0.1, -0.05) is 24.3 Å². The fourth-order valence-electron chi connectivity index (χ4n) is 3.57. The number of benzene rings is 2. The van der Waals surface area contributed by atoms with Crippen LogP contribution in [0.25, 0.3) is 16.3 Å². The van der Waals surface area contributed by atoms with Gasteiger partial charge < -0.3 is 0 Å². The van der Waals surface area contributed by atoms with Crippen LogP contribution in [0.2, 0.25) is 0 Å². The van der Waals surface area contributed by atoms with E-state index in [0.29, 0.717) is 0 Å². The van der Waals surface area contributed by atoms with Crippen LogP contribution in [0.4, 0.5) is 4.39 Å². The Morgan fingerprint density at radius 2 is 1.78 bits per heavy atom. The highest BCUT2D eigenvalue weighted by molar-refractivity contribution is 5.87. The molecule has 2 bridgehead atoms. The topological polar surface area (TPSA) is 0 Å². The van der Waals surface area contributed by atoms with Gasteiger partial charge in [-0.05, 0) is 71.2 Å². The first kappa shape index (κ1) is 10.3. The van der Waals surface area contributed by atoms with Crippen LogP contribution >= 0.6 is 0 Å². The lowest BCUT2D eigenvalue weighted by Crippen LogP contribution is -1.96. The molecule has 2 aromatic carbocycles. The quantitative estimate of drug-likeness (QED) is 0.670. The first-order valence-electron chi connectivity index (χ1n) is 6.71. The molecule has 0 spiro atoms. The van der Waals surface area contributed by atoms with Crippen LogP contribution < -0.4 is 0 Å². The lowest BCUT2D eigenvalue weighted by Gasteiger charge is -2.14. The molecule has 1 heteroatoms. The molecule has 0 radical (unpaired) electrons. The Hall–Kier alpha value is -1.63. The average molecular weight is 238 g/mol. The van der Waals surface area contributed by atoms with Crippen molar-refractivity contribution in [2.24, 2.45) is 11.8 Å². The molecule has 2 unspecified atom stereocenters. The number of halogens is 1. The van der Waals surface area contributed by atoms with Gasteiger partial charge in [-0.25, -0.2) is 4.39 Å². The van der Waals surface area contributed by atoms with E-state index in [1.165, 1.54) is 30.4 Å². The zero-order valence-electron chi connectivity index (χ0n) is 10.2. The van der Waals surface area contributed by atoms with Crippen molar-refractivity contribution < 1.29 is 4.39 Å². The van der Waals surface area contributed by atoms with Crippen LogP contribution in [0.1, 0.15) is 24.8 Å². The SMILES string of the molecule is Fc1ccc2cc(C3=CC4CCC3C4)ccc2c1. The molecule has 0 heterocycles. The van der Waals surface area contributed by atoms with E-state index < -0.39 is 0 Å². The molecule has 0 aliphatic heterocycles. The molecule has 0 aromatic heterocycles. The highest BCUT2D eigenvalue weighted by Gasteiger charge is 2.33. The van der Waals surface area contributed by atoms with Crippen LogP contribution in [0.5, 0.6) is 0 Å². The molecule has 2 atom stereocenters. The minimum atomic E-state index is -0.158. The minimum absolute atomic E-state index is 0.158. The summed E-state index contributed by atoms with van der Waals surface area (Å²) in [6.45, 7) is 0. The third kappa shape index (κ3) is 1.50. The van der Waals surface area contributed by atoms with E-state index in [0.717, 1.165) is 22.6 Å². The maximum absolute atomic E-state index is 13.1. The van der Waals surface area contributed by atoms with E-state index in [2.05, 4.69) is 18.2 Å². The Balaban J connectivity index is 1.82. The molecule has 2 aliphatic carbocycles. The number of allylic oxidation sites excluding steroid dienone is 2. The van der Waals surface area contributed by atoms with Crippen molar-refractivity contribution >= 4 is 16.3 Å². The molecular formula is C17H15F. The van der Waals surface area contributed by atoms with Crippen molar-refractivity contribution in [3.8, 4) is 0 Å². The zero-order valence-corrected chi connectivity index (χ0v) is 10.2. The van der Waals surface area contributed by atoms with Crippen molar-refractivity contribution in [2.75, 3.05) is 0 Å². The fourth-order valence-corrected chi connectivity index (χ4v) is 3.57. The van der Waals surface area contributed by atoms with Gasteiger partial charge in [0, 0.05) is 0 Å². The average Bonchev–Trinajstić information content (AvgIpc) is 3.00. The minimum Gasteiger partial charge on any atom is -0.207 e. The van der Waals surface area contributed by atoms with Gasteiger partial charge >= 0.3 is 0 Å². The number of hydrogen-bond donors (Lipinski definition) is 0. The maximum Gasteiger partial charge on any atom is 0.123 e. The number of rotatable bonds is 1. The molecule has 2 aromatic rings. The van der Waals surface area contributed by atoms with E-state index in [9.17, 15) is 4.39 Å². The molecule has 0 amide bonds. The number of fused-ring (bicyclic) bond motifs is 3. The van der Waals surface area contributed by atoms with Crippen LogP contribution in [-0.2, 0) is 0 Å². The summed E-state index contributed by atoms with van der Waals surface area (Å²) in [4.78, 5) is 0. The first-order chi connectivity index (χ1) is 8.79. The molecular weight excluding hydrogens is 223 g/mol. The Kier molecular flexibility index (Phi) is 2.11. The lowest BCUT2D eigenvalue weighted by molar-refractivity contribution is 0.630. The summed E-state index contributed by atoms with van der Waals surface area (Å²) in [6.07, 6.45) is 6.51. The van der Waals surface area contributed by atoms with Gasteiger partial charge in [-0.3, -0.25) is 0 Å². The van der Waals surface area contributed by atoms with E-state index >= 15 is 0 Å². The molecule has 2 aliphatic rings. The first-order valence-corrected chi connectivity index (χ1v) is 6.71. The fraction of sp³-hybridized carbons (Fsp3) is 0.294. The molecule has 1 fully saturated rings. The highest BCUT2D eigenvalue weighted by atomic mass is 19.1. The van der Waals surface area contributed by atoms with Crippen LogP contribution in [0.15, 0.2) is 42.5 Å². The summed E-state index contributed by atoms with van der Waals surface area (Å²) in [7, 11) is 0. The van der Waals surface area contributed by atoms with Gasteiger partial charge in [0.15, 0.2) is 0 Å². The summed E-state index contributed by atoms with van der Waals surface area (Å²) in [5.41, 5.74) is 2.86. The summed E-state index contributed by atoms with van der Waals surface area (Å²) < 4.78 is 13.1. The Labute approximate surface area is 106 Å². The Morgan fingerprint density at radius 1 is 0.944 bits per heavy atom. The van der Waals surface area contributed by atoms with Crippen molar-refractivity contribution in [1.82, 2.24) is 0 Å². The van der Waals surface area contributed by atoms with Crippen LogP contribution in [0, 0.1) is 17.7 Å². The predicted octanol–water partition coefficient (Wildman–Crippen LogP) is 4.79. The Bertz CT molecular complexity index is 654. The second-order valence-corrected chi connectivity index (χ2v) is 5.60. The van der Waals surface area contributed by atoms with Crippen LogP contribution in [0.3, 0.4) is 0 Å². The molecule has 0 saturated heterocycles. The summed E-state index contributed by atoms with van der Waals surface area (Å²) in [5, 5.41) is 2.13. The van der Waals surface area contributed by atoms with Gasteiger partial charge in [-0.15, -0.1) is 0 Å². The van der Waals surface area contributed by atoms with Crippen molar-refractivity contribution in [3.05, 3.63) is 53.9 Å². The van der Waals surface area contributed by atoms with Gasteiger partial charge in [0.1, 0.15) is 5.82 Å². The summed E-state index contributed by atoms with van der Waals surface area (Å²) in [5.74, 6) is 1.43. The molecule has 4 rings (SSSR count). The molecule has 0 nitrogen and oxygen atoms in total. The van der Waals surface area contributed by atoms with Crippen molar-refractivity contribution in [3.63, 3.8) is 0 Å². The maximum atomic E-state index is 13.1.